The molecule has 0 aromatic carbocycles. The Bertz CT molecular complexity index is 235. The molecule has 13 heavy (non-hydrogen) atoms. The van der Waals surface area contributed by atoms with Crippen LogP contribution in [0.15, 0.2) is 18.7 Å². The largest absolute Gasteiger partial charge is 0.366 e. The van der Waals surface area contributed by atoms with Crippen molar-refractivity contribution < 1.29 is 0 Å². The zero-order valence-corrected chi connectivity index (χ0v) is 8.13. The van der Waals surface area contributed by atoms with Gasteiger partial charge in [0.15, 0.2) is 0 Å². The fourth-order valence-electron chi connectivity index (χ4n) is 1.38. The zero-order chi connectivity index (χ0) is 8.23. The first-order valence-electron chi connectivity index (χ1n) is 4.17. The Morgan fingerprint density at radius 3 is 2.38 bits per heavy atom. The Morgan fingerprint density at radius 1 is 1.15 bits per heavy atom. The molecule has 1 aromatic heterocycles. The molecule has 1 fully saturated rings. The molecule has 0 unspecified atom stereocenters. The van der Waals surface area contributed by atoms with E-state index < -0.39 is 0 Å². The van der Waals surface area contributed by atoms with Crippen LogP contribution in [0.3, 0.4) is 0 Å². The average Bonchev–Trinajstić information content (AvgIpc) is 2.21. The monoisotopic (exact) mass is 200 g/mol. The molecule has 72 valence electrons. The third kappa shape index (κ3) is 2.54. The van der Waals surface area contributed by atoms with Gasteiger partial charge in [0.05, 0.1) is 18.1 Å². The van der Waals surface area contributed by atoms with Gasteiger partial charge in [0.1, 0.15) is 6.33 Å². The number of rotatable bonds is 1. The van der Waals surface area contributed by atoms with Crippen LogP contribution in [-0.4, -0.2) is 36.1 Å². The molecule has 1 aromatic rings. The molecule has 1 aliphatic heterocycles. The van der Waals surface area contributed by atoms with Gasteiger partial charge in [-0.15, -0.1) is 12.4 Å². The molecule has 1 N–H and O–H groups in total. The summed E-state index contributed by atoms with van der Waals surface area (Å²) in [4.78, 5) is 10.3. The van der Waals surface area contributed by atoms with Crippen molar-refractivity contribution in [3.8, 4) is 0 Å². The van der Waals surface area contributed by atoms with Gasteiger partial charge in [-0.1, -0.05) is 0 Å². The maximum atomic E-state index is 3.99. The lowest BCUT2D eigenvalue weighted by Gasteiger charge is -2.28. The van der Waals surface area contributed by atoms with Crippen LogP contribution in [0.5, 0.6) is 0 Å². The zero-order valence-electron chi connectivity index (χ0n) is 7.31. The minimum Gasteiger partial charge on any atom is -0.366 e. The molecule has 0 bridgehead atoms. The maximum absolute atomic E-state index is 3.99. The number of aromatic nitrogens is 2. The first kappa shape index (κ1) is 10.2. The number of halogens is 1. The lowest BCUT2D eigenvalue weighted by Crippen LogP contribution is -2.43. The van der Waals surface area contributed by atoms with Crippen molar-refractivity contribution in [3.63, 3.8) is 0 Å². The summed E-state index contributed by atoms with van der Waals surface area (Å²) in [5, 5.41) is 3.30. The summed E-state index contributed by atoms with van der Waals surface area (Å²) < 4.78 is 0. The van der Waals surface area contributed by atoms with E-state index in [2.05, 4.69) is 20.2 Å². The fourth-order valence-corrected chi connectivity index (χ4v) is 1.38. The second-order valence-corrected chi connectivity index (χ2v) is 2.83. The summed E-state index contributed by atoms with van der Waals surface area (Å²) in [7, 11) is 0. The van der Waals surface area contributed by atoms with Gasteiger partial charge in [-0.05, 0) is 0 Å². The Labute approximate surface area is 83.8 Å². The third-order valence-electron chi connectivity index (χ3n) is 2.03. The number of nitrogens with zero attached hydrogens (tertiary/aromatic N) is 3. The normalized spacial score (nSPS) is 16.5. The molecule has 4 nitrogen and oxygen atoms in total. The molecule has 0 radical (unpaired) electrons. The van der Waals surface area contributed by atoms with Gasteiger partial charge in [-0.25, -0.2) is 9.97 Å². The lowest BCUT2D eigenvalue weighted by molar-refractivity contribution is 0.588. The molecule has 0 saturated carbocycles. The van der Waals surface area contributed by atoms with E-state index in [4.69, 9.17) is 0 Å². The quantitative estimate of drug-likeness (QED) is 0.709. The predicted molar refractivity (Wildman–Crippen MR) is 54.4 cm³/mol. The predicted octanol–water partition coefficient (Wildman–Crippen LogP) is 0.308. The summed E-state index contributed by atoms with van der Waals surface area (Å²) >= 11 is 0. The van der Waals surface area contributed by atoms with Gasteiger partial charge in [-0.2, -0.15) is 0 Å². The van der Waals surface area contributed by atoms with E-state index >= 15 is 0 Å². The summed E-state index contributed by atoms with van der Waals surface area (Å²) in [6.07, 6.45) is 5.28. The molecule has 0 spiro atoms. The highest BCUT2D eigenvalue weighted by Gasteiger charge is 2.09. The minimum atomic E-state index is 0. The van der Waals surface area contributed by atoms with Crippen molar-refractivity contribution in [3.05, 3.63) is 18.7 Å². The molecule has 0 atom stereocenters. The first-order valence-corrected chi connectivity index (χ1v) is 4.17. The number of hydrogen-bond donors (Lipinski definition) is 1. The summed E-state index contributed by atoms with van der Waals surface area (Å²) in [5.41, 5.74) is 1.12. The van der Waals surface area contributed by atoms with Gasteiger partial charge >= 0.3 is 0 Å². The Kier molecular flexibility index (Phi) is 3.92. The van der Waals surface area contributed by atoms with Crippen LogP contribution in [0.4, 0.5) is 5.69 Å². The Morgan fingerprint density at radius 2 is 1.77 bits per heavy atom. The van der Waals surface area contributed by atoms with E-state index in [0.717, 1.165) is 31.9 Å². The van der Waals surface area contributed by atoms with E-state index in [1.165, 1.54) is 0 Å². The van der Waals surface area contributed by atoms with Crippen molar-refractivity contribution >= 4 is 18.1 Å². The summed E-state index contributed by atoms with van der Waals surface area (Å²) in [6.45, 7) is 4.20. The fraction of sp³-hybridized carbons (Fsp3) is 0.500. The lowest BCUT2D eigenvalue weighted by atomic mass is 10.3. The average molecular weight is 201 g/mol. The van der Waals surface area contributed by atoms with E-state index in [-0.39, 0.29) is 12.4 Å². The van der Waals surface area contributed by atoms with Crippen LogP contribution in [0.2, 0.25) is 0 Å². The van der Waals surface area contributed by atoms with Crippen LogP contribution in [0.1, 0.15) is 0 Å². The van der Waals surface area contributed by atoms with Crippen molar-refractivity contribution in [2.75, 3.05) is 31.1 Å². The molecule has 0 amide bonds. The van der Waals surface area contributed by atoms with Crippen molar-refractivity contribution in [2.24, 2.45) is 0 Å². The van der Waals surface area contributed by atoms with Crippen LogP contribution in [0, 0.1) is 0 Å². The van der Waals surface area contributed by atoms with Crippen molar-refractivity contribution in [1.82, 2.24) is 15.3 Å². The SMILES string of the molecule is Cl.c1ncc(N2CCNCC2)cn1. The Balaban J connectivity index is 0.000000845. The second kappa shape index (κ2) is 4.99. The van der Waals surface area contributed by atoms with Crippen LogP contribution in [-0.2, 0) is 0 Å². The van der Waals surface area contributed by atoms with Crippen LogP contribution in [0.25, 0.3) is 0 Å². The molecule has 1 saturated heterocycles. The molecule has 1 aliphatic rings. The molecule has 5 heteroatoms. The summed E-state index contributed by atoms with van der Waals surface area (Å²) in [5.74, 6) is 0. The molecule has 2 heterocycles. The number of anilines is 1. The van der Waals surface area contributed by atoms with Crippen molar-refractivity contribution in [2.45, 2.75) is 0 Å². The van der Waals surface area contributed by atoms with E-state index in [1.807, 2.05) is 12.4 Å². The molecule has 2 rings (SSSR count). The van der Waals surface area contributed by atoms with Crippen molar-refractivity contribution in [1.29, 1.82) is 0 Å². The van der Waals surface area contributed by atoms with Gasteiger partial charge in [-0.3, -0.25) is 0 Å². The topological polar surface area (TPSA) is 41.1 Å². The molecular formula is C8H13ClN4. The van der Waals surface area contributed by atoms with Gasteiger partial charge in [0, 0.05) is 26.2 Å². The number of piperazine rings is 1. The second-order valence-electron chi connectivity index (χ2n) is 2.83. The standard InChI is InChI=1S/C8H12N4.ClH/c1-3-12(4-2-9-1)8-5-10-7-11-6-8;/h5-7,9H,1-4H2;1H. The highest BCUT2D eigenvalue weighted by atomic mass is 35.5. The van der Waals surface area contributed by atoms with E-state index in [1.54, 1.807) is 6.33 Å². The molecular weight excluding hydrogens is 188 g/mol. The van der Waals surface area contributed by atoms with Crippen LogP contribution < -0.4 is 10.2 Å². The van der Waals surface area contributed by atoms with Gasteiger partial charge < -0.3 is 10.2 Å². The van der Waals surface area contributed by atoms with Crippen LogP contribution >= 0.6 is 12.4 Å². The number of hydrogen-bond acceptors (Lipinski definition) is 4. The van der Waals surface area contributed by atoms with Gasteiger partial charge in [0.2, 0.25) is 0 Å². The highest BCUT2D eigenvalue weighted by Crippen LogP contribution is 2.09. The van der Waals surface area contributed by atoms with E-state index in [9.17, 15) is 0 Å². The first-order chi connectivity index (χ1) is 5.97. The Hall–Kier alpha value is -0.870. The number of nitrogens with one attached hydrogen (secondary N) is 1. The molecule has 0 aliphatic carbocycles. The third-order valence-corrected chi connectivity index (χ3v) is 2.03. The highest BCUT2D eigenvalue weighted by molar-refractivity contribution is 5.85. The smallest absolute Gasteiger partial charge is 0.115 e. The maximum Gasteiger partial charge on any atom is 0.115 e. The minimum absolute atomic E-state index is 0. The van der Waals surface area contributed by atoms with E-state index in [0.29, 0.717) is 0 Å². The summed E-state index contributed by atoms with van der Waals surface area (Å²) in [6, 6.07) is 0. The van der Waals surface area contributed by atoms with Gasteiger partial charge in [0.25, 0.3) is 0 Å².